The van der Waals surface area contributed by atoms with E-state index in [4.69, 9.17) is 28.5 Å². The van der Waals surface area contributed by atoms with Crippen LogP contribution in [0.2, 0.25) is 10.0 Å². The van der Waals surface area contributed by atoms with Crippen molar-refractivity contribution < 1.29 is 22.7 Å². The second-order valence-electron chi connectivity index (χ2n) is 3.89. The molecular formula is C12H4Cl2F3N3O2. The fourth-order valence-electron chi connectivity index (χ4n) is 1.63. The van der Waals surface area contributed by atoms with Crippen molar-refractivity contribution in [2.45, 2.75) is 6.36 Å². The number of nitrogens with zero attached hydrogens (tertiary/aromatic N) is 3. The van der Waals surface area contributed by atoms with Crippen LogP contribution in [-0.2, 0) is 0 Å². The zero-order chi connectivity index (χ0) is 16.5. The molecule has 0 N–H and O–H groups in total. The number of halogens is 5. The Balaban J connectivity index is 2.51. The van der Waals surface area contributed by atoms with Crippen molar-refractivity contribution in [1.82, 2.24) is 9.78 Å². The van der Waals surface area contributed by atoms with E-state index >= 15 is 0 Å². The first kappa shape index (κ1) is 16.1. The lowest BCUT2D eigenvalue weighted by Crippen LogP contribution is -2.17. The number of benzene rings is 1. The van der Waals surface area contributed by atoms with Crippen molar-refractivity contribution in [1.29, 1.82) is 5.26 Å². The van der Waals surface area contributed by atoms with Crippen molar-refractivity contribution in [3.8, 4) is 17.5 Å². The van der Waals surface area contributed by atoms with Crippen LogP contribution in [0, 0.1) is 11.3 Å². The highest BCUT2D eigenvalue weighted by molar-refractivity contribution is 6.38. The summed E-state index contributed by atoms with van der Waals surface area (Å²) in [5.41, 5.74) is -0.162. The number of hydrogen-bond acceptors (Lipinski definition) is 4. The number of carbonyl (C=O) groups excluding carboxylic acids is 1. The highest BCUT2D eigenvalue weighted by atomic mass is 35.5. The number of rotatable bonds is 3. The van der Waals surface area contributed by atoms with Crippen molar-refractivity contribution >= 4 is 29.5 Å². The van der Waals surface area contributed by atoms with Gasteiger partial charge in [0.05, 0.1) is 15.6 Å². The van der Waals surface area contributed by atoms with Crippen LogP contribution < -0.4 is 4.74 Å². The topological polar surface area (TPSA) is 67.9 Å². The summed E-state index contributed by atoms with van der Waals surface area (Å²) in [6.45, 7) is 0. The standard InChI is InChI=1S/C12H4Cl2F3N3O2/c13-8-1-7(22-12(15,16)17)2-9(14)11(8)20-4-6(5-21)10(3-18)19-20/h1-2,4-5H. The number of nitriles is 1. The number of alkyl halides is 3. The van der Waals surface area contributed by atoms with Crippen LogP contribution in [0.25, 0.3) is 5.69 Å². The Hall–Kier alpha value is -2.24. The lowest BCUT2D eigenvalue weighted by atomic mass is 10.3. The molecule has 0 aliphatic heterocycles. The van der Waals surface area contributed by atoms with E-state index in [9.17, 15) is 18.0 Å². The quantitative estimate of drug-likeness (QED) is 0.791. The van der Waals surface area contributed by atoms with E-state index in [0.29, 0.717) is 6.29 Å². The molecule has 0 spiro atoms. The molecule has 0 aliphatic rings. The third-order valence-corrected chi connectivity index (χ3v) is 3.00. The predicted molar refractivity (Wildman–Crippen MR) is 70.4 cm³/mol. The van der Waals surface area contributed by atoms with Crippen LogP contribution >= 0.6 is 23.2 Å². The Kier molecular flexibility index (Phi) is 4.30. The average Bonchev–Trinajstić information content (AvgIpc) is 2.78. The van der Waals surface area contributed by atoms with E-state index in [0.717, 1.165) is 16.8 Å². The Bertz CT molecular complexity index is 758. The van der Waals surface area contributed by atoms with Gasteiger partial charge in [0.2, 0.25) is 0 Å². The molecule has 2 aromatic rings. The van der Waals surface area contributed by atoms with Crippen LogP contribution in [0.3, 0.4) is 0 Å². The summed E-state index contributed by atoms with van der Waals surface area (Å²) in [6.07, 6.45) is -3.30. The Morgan fingerprint density at radius 2 is 1.91 bits per heavy atom. The Morgan fingerprint density at radius 3 is 2.32 bits per heavy atom. The van der Waals surface area contributed by atoms with Crippen LogP contribution in [0.4, 0.5) is 13.2 Å². The van der Waals surface area contributed by atoms with E-state index < -0.39 is 12.1 Å². The molecule has 2 rings (SSSR count). The Labute approximate surface area is 131 Å². The lowest BCUT2D eigenvalue weighted by molar-refractivity contribution is -0.274. The number of carbonyl (C=O) groups is 1. The second-order valence-corrected chi connectivity index (χ2v) is 4.71. The van der Waals surface area contributed by atoms with Gasteiger partial charge in [0.15, 0.2) is 12.0 Å². The Morgan fingerprint density at radius 1 is 1.32 bits per heavy atom. The van der Waals surface area contributed by atoms with Crippen LogP contribution in [0.1, 0.15) is 16.1 Å². The molecule has 0 amide bonds. The number of hydrogen-bond donors (Lipinski definition) is 0. The molecular weight excluding hydrogens is 346 g/mol. The summed E-state index contributed by atoms with van der Waals surface area (Å²) < 4.78 is 41.3. The molecule has 1 heterocycles. The first-order valence-corrected chi connectivity index (χ1v) is 6.21. The molecule has 0 radical (unpaired) electrons. The third kappa shape index (κ3) is 3.32. The van der Waals surface area contributed by atoms with Crippen LogP contribution in [-0.4, -0.2) is 22.4 Å². The fraction of sp³-hybridized carbons (Fsp3) is 0.0833. The van der Waals surface area contributed by atoms with Gasteiger partial charge in [-0.2, -0.15) is 10.4 Å². The van der Waals surface area contributed by atoms with Gasteiger partial charge in [-0.3, -0.25) is 4.79 Å². The molecule has 0 bridgehead atoms. The van der Waals surface area contributed by atoms with Crippen molar-refractivity contribution in [3.63, 3.8) is 0 Å². The molecule has 114 valence electrons. The van der Waals surface area contributed by atoms with Crippen LogP contribution in [0.15, 0.2) is 18.3 Å². The number of aldehydes is 1. The maximum absolute atomic E-state index is 12.2. The zero-order valence-corrected chi connectivity index (χ0v) is 11.9. The van der Waals surface area contributed by atoms with Crippen molar-refractivity contribution in [2.75, 3.05) is 0 Å². The van der Waals surface area contributed by atoms with E-state index in [1.165, 1.54) is 6.20 Å². The SMILES string of the molecule is N#Cc1nn(-c2c(Cl)cc(OC(F)(F)F)cc2Cl)cc1C=O. The maximum Gasteiger partial charge on any atom is 0.573 e. The second kappa shape index (κ2) is 5.87. The molecule has 0 unspecified atom stereocenters. The molecule has 5 nitrogen and oxygen atoms in total. The molecule has 0 atom stereocenters. The largest absolute Gasteiger partial charge is 0.573 e. The minimum absolute atomic E-state index is 0.00903. The molecule has 0 aliphatic carbocycles. The number of ether oxygens (including phenoxy) is 1. The summed E-state index contributed by atoms with van der Waals surface area (Å²) in [4.78, 5) is 10.8. The third-order valence-electron chi connectivity index (χ3n) is 2.43. The highest BCUT2D eigenvalue weighted by Crippen LogP contribution is 2.35. The van der Waals surface area contributed by atoms with Gasteiger partial charge in [-0.05, 0) is 0 Å². The maximum atomic E-state index is 12.2. The first-order chi connectivity index (χ1) is 10.2. The van der Waals surface area contributed by atoms with Gasteiger partial charge in [-0.25, -0.2) is 4.68 Å². The van der Waals surface area contributed by atoms with Gasteiger partial charge >= 0.3 is 6.36 Å². The van der Waals surface area contributed by atoms with Gasteiger partial charge in [0.1, 0.15) is 17.5 Å². The molecule has 0 fully saturated rings. The normalized spacial score (nSPS) is 11.1. The van der Waals surface area contributed by atoms with Gasteiger partial charge in [0.25, 0.3) is 0 Å². The smallest absolute Gasteiger partial charge is 0.406 e. The molecule has 22 heavy (non-hydrogen) atoms. The summed E-state index contributed by atoms with van der Waals surface area (Å²) >= 11 is 11.8. The van der Waals surface area contributed by atoms with E-state index in [1.807, 2.05) is 0 Å². The van der Waals surface area contributed by atoms with E-state index in [-0.39, 0.29) is 27.0 Å². The van der Waals surface area contributed by atoms with Gasteiger partial charge < -0.3 is 4.74 Å². The predicted octanol–water partition coefficient (Wildman–Crippen LogP) is 3.76. The van der Waals surface area contributed by atoms with Gasteiger partial charge in [-0.1, -0.05) is 23.2 Å². The minimum atomic E-state index is -4.89. The molecule has 1 aromatic carbocycles. The summed E-state index contributed by atoms with van der Waals surface area (Å²) in [6, 6.07) is 3.48. The molecule has 0 saturated carbocycles. The zero-order valence-electron chi connectivity index (χ0n) is 10.4. The summed E-state index contributed by atoms with van der Waals surface area (Å²) in [5, 5.41) is 12.2. The molecule has 1 aromatic heterocycles. The average molecular weight is 350 g/mol. The van der Waals surface area contributed by atoms with Crippen molar-refractivity contribution in [3.05, 3.63) is 39.6 Å². The molecule has 0 saturated heterocycles. The summed E-state index contributed by atoms with van der Waals surface area (Å²) in [5.74, 6) is -0.602. The van der Waals surface area contributed by atoms with E-state index in [2.05, 4.69) is 9.84 Å². The fourth-order valence-corrected chi connectivity index (χ4v) is 2.27. The monoisotopic (exact) mass is 349 g/mol. The number of aromatic nitrogens is 2. The highest BCUT2D eigenvalue weighted by Gasteiger charge is 2.31. The van der Waals surface area contributed by atoms with E-state index in [1.54, 1.807) is 6.07 Å². The van der Waals surface area contributed by atoms with Gasteiger partial charge in [-0.15, -0.1) is 13.2 Å². The first-order valence-electron chi connectivity index (χ1n) is 5.45. The molecule has 10 heteroatoms. The minimum Gasteiger partial charge on any atom is -0.406 e. The summed E-state index contributed by atoms with van der Waals surface area (Å²) in [7, 11) is 0. The van der Waals surface area contributed by atoms with Crippen molar-refractivity contribution in [2.24, 2.45) is 0 Å². The van der Waals surface area contributed by atoms with Crippen LogP contribution in [0.5, 0.6) is 5.75 Å². The lowest BCUT2D eigenvalue weighted by Gasteiger charge is -2.12. The van der Waals surface area contributed by atoms with Gasteiger partial charge in [0, 0.05) is 18.3 Å².